The highest BCUT2D eigenvalue weighted by molar-refractivity contribution is 7.09. The highest BCUT2D eigenvalue weighted by Gasteiger charge is 2.36. The lowest BCUT2D eigenvalue weighted by molar-refractivity contribution is 0.0645. The zero-order valence-corrected chi connectivity index (χ0v) is 18.5. The lowest BCUT2D eigenvalue weighted by atomic mass is 10.0. The van der Waals surface area contributed by atoms with Crippen molar-refractivity contribution in [3.05, 3.63) is 77.0 Å². The summed E-state index contributed by atoms with van der Waals surface area (Å²) in [7, 11) is 0. The monoisotopic (exact) mass is 469 g/mol. The first kappa shape index (κ1) is 21.3. The van der Waals surface area contributed by atoms with E-state index in [2.05, 4.69) is 14.3 Å². The van der Waals surface area contributed by atoms with E-state index in [-0.39, 0.29) is 17.2 Å². The van der Waals surface area contributed by atoms with Crippen molar-refractivity contribution in [3.8, 4) is 22.1 Å². The van der Waals surface area contributed by atoms with E-state index in [1.54, 1.807) is 18.7 Å². The van der Waals surface area contributed by atoms with Gasteiger partial charge in [0.1, 0.15) is 29.0 Å². The molecule has 0 radical (unpaired) electrons. The van der Waals surface area contributed by atoms with Gasteiger partial charge in [0, 0.05) is 18.7 Å². The summed E-state index contributed by atoms with van der Waals surface area (Å²) in [5.74, 6) is -1.21. The van der Waals surface area contributed by atoms with E-state index in [1.807, 2.05) is 4.57 Å². The van der Waals surface area contributed by atoms with Gasteiger partial charge in [-0.25, -0.2) is 23.1 Å². The number of fused-ring (bicyclic) bond motifs is 1. The Labute approximate surface area is 191 Å². The third-order valence-corrected chi connectivity index (χ3v) is 6.51. The Morgan fingerprint density at radius 1 is 1.03 bits per heavy atom. The standard InChI is InChI=1S/C23H18F3N5OS/c1-12-20-19(18-16(25)4-3-5-17(18)26)28-21(22-27-13(2)29-33-22)31(20)11-10-30(12)23(32)14-6-8-15(24)9-7-14/h3-9,12H,10-11H2,1-2H3. The van der Waals surface area contributed by atoms with Gasteiger partial charge in [-0.15, -0.1) is 0 Å². The number of rotatable bonds is 3. The van der Waals surface area contributed by atoms with Crippen molar-refractivity contribution in [2.24, 2.45) is 0 Å². The van der Waals surface area contributed by atoms with Crippen LogP contribution >= 0.6 is 11.5 Å². The summed E-state index contributed by atoms with van der Waals surface area (Å²) in [5.41, 5.74) is 0.701. The minimum Gasteiger partial charge on any atom is -0.329 e. The van der Waals surface area contributed by atoms with Gasteiger partial charge in [-0.05, 0) is 61.8 Å². The Hall–Kier alpha value is -3.53. The molecule has 2 aromatic carbocycles. The molecule has 0 aliphatic carbocycles. The van der Waals surface area contributed by atoms with Gasteiger partial charge in [0.25, 0.3) is 5.91 Å². The number of hydrogen-bond donors (Lipinski definition) is 0. The SMILES string of the molecule is Cc1nsc(-c2nc(-c3c(F)cccc3F)c3n2CCN(C(=O)c2ccc(F)cc2)C3C)n1. The molecule has 0 spiro atoms. The van der Waals surface area contributed by atoms with E-state index in [0.29, 0.717) is 41.0 Å². The lowest BCUT2D eigenvalue weighted by Gasteiger charge is -2.35. The average molecular weight is 469 g/mol. The third kappa shape index (κ3) is 3.60. The van der Waals surface area contributed by atoms with Crippen molar-refractivity contribution in [2.45, 2.75) is 26.4 Å². The van der Waals surface area contributed by atoms with E-state index in [4.69, 9.17) is 0 Å². The van der Waals surface area contributed by atoms with E-state index >= 15 is 0 Å². The molecule has 1 unspecified atom stereocenters. The quantitative estimate of drug-likeness (QED) is 0.423. The zero-order valence-electron chi connectivity index (χ0n) is 17.7. The molecule has 2 aromatic heterocycles. The van der Waals surface area contributed by atoms with Gasteiger partial charge >= 0.3 is 0 Å². The number of carbonyl (C=O) groups is 1. The first-order chi connectivity index (χ1) is 15.8. The smallest absolute Gasteiger partial charge is 0.254 e. The Morgan fingerprint density at radius 2 is 1.73 bits per heavy atom. The maximum absolute atomic E-state index is 14.8. The Balaban J connectivity index is 1.66. The summed E-state index contributed by atoms with van der Waals surface area (Å²) in [4.78, 5) is 23.8. The molecule has 1 atom stereocenters. The molecule has 10 heteroatoms. The molecule has 0 saturated carbocycles. The van der Waals surface area contributed by atoms with Gasteiger partial charge in [-0.1, -0.05) is 6.07 Å². The molecular formula is C23H18F3N5OS. The number of aryl methyl sites for hydroxylation is 1. The lowest BCUT2D eigenvalue weighted by Crippen LogP contribution is -2.41. The molecule has 0 bridgehead atoms. The summed E-state index contributed by atoms with van der Waals surface area (Å²) in [5, 5.41) is 0.530. The van der Waals surface area contributed by atoms with Crippen LogP contribution in [0.2, 0.25) is 0 Å². The van der Waals surface area contributed by atoms with Crippen LogP contribution in [-0.4, -0.2) is 36.3 Å². The fraction of sp³-hybridized carbons (Fsp3) is 0.217. The maximum atomic E-state index is 14.8. The topological polar surface area (TPSA) is 63.9 Å². The molecule has 33 heavy (non-hydrogen) atoms. The summed E-state index contributed by atoms with van der Waals surface area (Å²) in [6, 6.07) is 8.37. The average Bonchev–Trinajstić information content (AvgIpc) is 3.38. The van der Waals surface area contributed by atoms with Gasteiger partial charge in [-0.2, -0.15) is 4.37 Å². The summed E-state index contributed by atoms with van der Waals surface area (Å²) in [6.07, 6.45) is 0. The second kappa shape index (κ2) is 8.11. The van der Waals surface area contributed by atoms with Crippen LogP contribution in [0.4, 0.5) is 13.2 Å². The Kier molecular flexibility index (Phi) is 5.24. The highest BCUT2D eigenvalue weighted by atomic mass is 32.1. The molecule has 0 saturated heterocycles. The van der Waals surface area contributed by atoms with Crippen LogP contribution in [0.5, 0.6) is 0 Å². The third-order valence-electron chi connectivity index (χ3n) is 5.70. The summed E-state index contributed by atoms with van der Waals surface area (Å²) >= 11 is 1.15. The van der Waals surface area contributed by atoms with Gasteiger partial charge < -0.3 is 9.47 Å². The van der Waals surface area contributed by atoms with E-state index in [1.165, 1.54) is 42.5 Å². The van der Waals surface area contributed by atoms with Crippen molar-refractivity contribution < 1.29 is 18.0 Å². The molecule has 5 rings (SSSR count). The number of carbonyl (C=O) groups excluding carboxylic acids is 1. The number of imidazole rings is 1. The number of nitrogens with zero attached hydrogens (tertiary/aromatic N) is 5. The van der Waals surface area contributed by atoms with Crippen LogP contribution in [-0.2, 0) is 6.54 Å². The first-order valence-corrected chi connectivity index (χ1v) is 11.0. The van der Waals surface area contributed by atoms with Gasteiger partial charge in [-0.3, -0.25) is 4.79 Å². The number of aromatic nitrogens is 4. The number of halogens is 3. The molecule has 6 nitrogen and oxygen atoms in total. The molecule has 0 fully saturated rings. The largest absolute Gasteiger partial charge is 0.329 e. The molecule has 168 valence electrons. The van der Waals surface area contributed by atoms with Crippen molar-refractivity contribution in [1.29, 1.82) is 0 Å². The fourth-order valence-corrected chi connectivity index (χ4v) is 4.83. The van der Waals surface area contributed by atoms with E-state index in [0.717, 1.165) is 11.5 Å². The fourth-order valence-electron chi connectivity index (χ4n) is 4.16. The number of benzene rings is 2. The minimum atomic E-state index is -0.745. The predicted octanol–water partition coefficient (Wildman–Crippen LogP) is 5.01. The molecule has 4 aromatic rings. The van der Waals surface area contributed by atoms with Gasteiger partial charge in [0.2, 0.25) is 0 Å². The van der Waals surface area contributed by atoms with Crippen LogP contribution in [0.25, 0.3) is 22.1 Å². The van der Waals surface area contributed by atoms with Crippen molar-refractivity contribution >= 4 is 17.4 Å². The highest BCUT2D eigenvalue weighted by Crippen LogP contribution is 2.40. The molecule has 1 amide bonds. The predicted molar refractivity (Wildman–Crippen MR) is 117 cm³/mol. The molecule has 1 aliphatic heterocycles. The van der Waals surface area contributed by atoms with Gasteiger partial charge in [0.15, 0.2) is 10.8 Å². The van der Waals surface area contributed by atoms with Crippen LogP contribution in [0, 0.1) is 24.4 Å². The van der Waals surface area contributed by atoms with Gasteiger partial charge in [0.05, 0.1) is 17.3 Å². The van der Waals surface area contributed by atoms with Crippen LogP contribution in [0.3, 0.4) is 0 Å². The first-order valence-electron chi connectivity index (χ1n) is 10.3. The van der Waals surface area contributed by atoms with E-state index < -0.39 is 23.5 Å². The zero-order chi connectivity index (χ0) is 23.3. The number of hydrogen-bond acceptors (Lipinski definition) is 5. The Morgan fingerprint density at radius 3 is 2.36 bits per heavy atom. The maximum Gasteiger partial charge on any atom is 0.254 e. The number of amides is 1. The normalized spacial score (nSPS) is 15.5. The van der Waals surface area contributed by atoms with Crippen LogP contribution in [0.15, 0.2) is 42.5 Å². The van der Waals surface area contributed by atoms with Crippen LogP contribution in [0.1, 0.15) is 34.8 Å². The minimum absolute atomic E-state index is 0.123. The summed E-state index contributed by atoms with van der Waals surface area (Å²) in [6.45, 7) is 4.23. The second-order valence-electron chi connectivity index (χ2n) is 7.75. The summed E-state index contributed by atoms with van der Waals surface area (Å²) < 4.78 is 48.9. The van der Waals surface area contributed by atoms with Crippen molar-refractivity contribution in [2.75, 3.05) is 6.54 Å². The van der Waals surface area contributed by atoms with Crippen molar-refractivity contribution in [1.82, 2.24) is 23.8 Å². The van der Waals surface area contributed by atoms with Crippen LogP contribution < -0.4 is 0 Å². The molecular weight excluding hydrogens is 451 g/mol. The molecule has 1 aliphatic rings. The molecule has 0 N–H and O–H groups in total. The van der Waals surface area contributed by atoms with E-state index in [9.17, 15) is 18.0 Å². The second-order valence-corrected chi connectivity index (χ2v) is 8.50. The molecule has 3 heterocycles. The Bertz CT molecular complexity index is 1340. The van der Waals surface area contributed by atoms with Crippen molar-refractivity contribution in [3.63, 3.8) is 0 Å².